The first-order valence-electron chi connectivity index (χ1n) is 9.63. The molecule has 1 aromatic heterocycles. The number of amides is 1. The molecular weight excluding hydrogens is 404 g/mol. The Morgan fingerprint density at radius 1 is 1.19 bits per heavy atom. The smallest absolute Gasteiger partial charge is 0.258 e. The number of halogens is 2. The second kappa shape index (κ2) is 8.47. The van der Waals surface area contributed by atoms with Gasteiger partial charge < -0.3 is 15.7 Å². The molecule has 3 aromatic rings. The number of benzene rings is 2. The van der Waals surface area contributed by atoms with Gasteiger partial charge in [-0.2, -0.15) is 5.10 Å². The normalized spacial score (nSPS) is 17.0. The lowest BCUT2D eigenvalue weighted by atomic mass is 10.1. The monoisotopic (exact) mass is 423 g/mol. The molecule has 0 spiro atoms. The van der Waals surface area contributed by atoms with E-state index in [1.165, 1.54) is 35.4 Å². The van der Waals surface area contributed by atoms with Crippen LogP contribution >= 0.6 is 0 Å². The molecule has 1 aliphatic heterocycles. The van der Waals surface area contributed by atoms with Gasteiger partial charge in [0.05, 0.1) is 24.0 Å². The SMILES string of the molecule is NN=C(C=Nc1ccc(C(=O)N2CC[C@H](F)C2)cc1)c1cc2cc(F)ccc2[nH]c1=O. The van der Waals surface area contributed by atoms with E-state index in [1.807, 2.05) is 0 Å². The van der Waals surface area contributed by atoms with Gasteiger partial charge >= 0.3 is 0 Å². The highest BCUT2D eigenvalue weighted by molar-refractivity contribution is 6.38. The van der Waals surface area contributed by atoms with Crippen LogP contribution < -0.4 is 11.4 Å². The zero-order valence-corrected chi connectivity index (χ0v) is 16.4. The van der Waals surface area contributed by atoms with Crippen molar-refractivity contribution in [1.29, 1.82) is 0 Å². The van der Waals surface area contributed by atoms with Gasteiger partial charge in [-0.1, -0.05) is 0 Å². The number of nitrogens with two attached hydrogens (primary N) is 1. The maximum Gasteiger partial charge on any atom is 0.258 e. The summed E-state index contributed by atoms with van der Waals surface area (Å²) in [7, 11) is 0. The van der Waals surface area contributed by atoms with Gasteiger partial charge in [0.25, 0.3) is 11.5 Å². The number of hydrogen-bond donors (Lipinski definition) is 2. The van der Waals surface area contributed by atoms with Gasteiger partial charge in [0.15, 0.2) is 0 Å². The first-order valence-corrected chi connectivity index (χ1v) is 9.63. The molecule has 1 fully saturated rings. The van der Waals surface area contributed by atoms with Crippen molar-refractivity contribution < 1.29 is 13.6 Å². The van der Waals surface area contributed by atoms with E-state index in [1.54, 1.807) is 24.3 Å². The van der Waals surface area contributed by atoms with Gasteiger partial charge in [-0.05, 0) is 55.0 Å². The number of fused-ring (bicyclic) bond motifs is 1. The largest absolute Gasteiger partial charge is 0.336 e. The summed E-state index contributed by atoms with van der Waals surface area (Å²) in [5, 5.41) is 4.12. The molecular formula is C22H19F2N5O2. The predicted octanol–water partition coefficient (Wildman–Crippen LogP) is 2.92. The zero-order valence-electron chi connectivity index (χ0n) is 16.4. The molecule has 3 N–H and O–H groups in total. The van der Waals surface area contributed by atoms with Crippen molar-refractivity contribution in [2.45, 2.75) is 12.6 Å². The molecule has 31 heavy (non-hydrogen) atoms. The number of carbonyl (C=O) groups is 1. The Morgan fingerprint density at radius 3 is 2.65 bits per heavy atom. The summed E-state index contributed by atoms with van der Waals surface area (Å²) in [5.74, 6) is 4.78. The molecule has 9 heteroatoms. The fourth-order valence-corrected chi connectivity index (χ4v) is 3.45. The predicted molar refractivity (Wildman–Crippen MR) is 115 cm³/mol. The molecule has 1 aliphatic rings. The minimum atomic E-state index is -0.975. The van der Waals surface area contributed by atoms with Crippen molar-refractivity contribution in [3.63, 3.8) is 0 Å². The highest BCUT2D eigenvalue weighted by atomic mass is 19.1. The quantitative estimate of drug-likeness (QED) is 0.383. The summed E-state index contributed by atoms with van der Waals surface area (Å²) in [5.41, 5.74) is 1.25. The van der Waals surface area contributed by atoms with Crippen molar-refractivity contribution in [3.8, 4) is 0 Å². The summed E-state index contributed by atoms with van der Waals surface area (Å²) in [6, 6.07) is 12.0. The Hall–Kier alpha value is -3.88. The Kier molecular flexibility index (Phi) is 5.57. The number of nitrogens with one attached hydrogen (secondary N) is 1. The number of aromatic amines is 1. The molecule has 0 saturated carbocycles. The Bertz CT molecular complexity index is 1250. The Balaban J connectivity index is 1.54. The van der Waals surface area contributed by atoms with Crippen molar-refractivity contribution in [2.75, 3.05) is 13.1 Å². The molecule has 7 nitrogen and oxygen atoms in total. The number of rotatable bonds is 4. The first-order chi connectivity index (χ1) is 14.9. The maximum atomic E-state index is 13.5. The van der Waals surface area contributed by atoms with Crippen LogP contribution in [0, 0.1) is 5.82 Å². The summed E-state index contributed by atoms with van der Waals surface area (Å²) in [4.78, 5) is 33.2. The second-order valence-electron chi connectivity index (χ2n) is 7.20. The number of hydrazone groups is 1. The topological polar surface area (TPSA) is 104 Å². The van der Waals surface area contributed by atoms with Crippen LogP contribution in [-0.4, -0.2) is 47.0 Å². The van der Waals surface area contributed by atoms with Crippen molar-refractivity contribution in [2.24, 2.45) is 15.9 Å². The van der Waals surface area contributed by atoms with E-state index in [-0.39, 0.29) is 23.7 Å². The van der Waals surface area contributed by atoms with Gasteiger partial charge in [-0.25, -0.2) is 8.78 Å². The number of aromatic nitrogens is 1. The zero-order chi connectivity index (χ0) is 22.0. The van der Waals surface area contributed by atoms with Gasteiger partial charge in [0.1, 0.15) is 17.7 Å². The third kappa shape index (κ3) is 4.35. The van der Waals surface area contributed by atoms with E-state index in [9.17, 15) is 18.4 Å². The highest BCUT2D eigenvalue weighted by Crippen LogP contribution is 2.19. The molecule has 2 aromatic carbocycles. The molecule has 1 atom stereocenters. The molecule has 0 unspecified atom stereocenters. The molecule has 158 valence electrons. The molecule has 1 amide bonds. The maximum absolute atomic E-state index is 13.5. The summed E-state index contributed by atoms with van der Waals surface area (Å²) >= 11 is 0. The van der Waals surface area contributed by atoms with Crippen LogP contribution in [0.1, 0.15) is 22.3 Å². The van der Waals surface area contributed by atoms with Crippen LogP contribution in [0.25, 0.3) is 10.9 Å². The Morgan fingerprint density at radius 2 is 1.97 bits per heavy atom. The van der Waals surface area contributed by atoms with Crippen molar-refractivity contribution in [3.05, 3.63) is 75.8 Å². The van der Waals surface area contributed by atoms with Crippen LogP contribution in [-0.2, 0) is 0 Å². The summed E-state index contributed by atoms with van der Waals surface area (Å²) in [6.45, 7) is 0.514. The molecule has 1 saturated heterocycles. The van der Waals surface area contributed by atoms with E-state index >= 15 is 0 Å². The number of likely N-dealkylation sites (tertiary alicyclic amines) is 1. The van der Waals surface area contributed by atoms with E-state index < -0.39 is 17.5 Å². The number of carbonyl (C=O) groups excluding carboxylic acids is 1. The van der Waals surface area contributed by atoms with Gasteiger partial charge in [0.2, 0.25) is 0 Å². The second-order valence-corrected chi connectivity index (χ2v) is 7.20. The molecule has 2 heterocycles. The van der Waals surface area contributed by atoms with Crippen LogP contribution in [0.15, 0.2) is 63.4 Å². The number of H-pyrrole nitrogens is 1. The first kappa shape index (κ1) is 20.4. The van der Waals surface area contributed by atoms with Crippen LogP contribution in [0.2, 0.25) is 0 Å². The van der Waals surface area contributed by atoms with Crippen molar-refractivity contribution in [1.82, 2.24) is 9.88 Å². The molecule has 0 aliphatic carbocycles. The number of pyridine rings is 1. The average molecular weight is 423 g/mol. The van der Waals surface area contributed by atoms with Gasteiger partial charge in [-0.3, -0.25) is 14.6 Å². The summed E-state index contributed by atoms with van der Waals surface area (Å²) in [6.07, 6.45) is 0.702. The Labute approximate surface area is 175 Å². The third-order valence-corrected chi connectivity index (χ3v) is 5.09. The number of hydrogen-bond acceptors (Lipinski definition) is 5. The fourth-order valence-electron chi connectivity index (χ4n) is 3.45. The molecule has 0 bridgehead atoms. The highest BCUT2D eigenvalue weighted by Gasteiger charge is 2.26. The standard InChI is InChI=1S/C22H19F2N5O2/c23-15-3-6-19-14(9-15)10-18(21(30)27-19)20(28-25)11-26-17-4-1-13(2-5-17)22(31)29-8-7-16(24)12-29/h1-6,9-11,16H,7-8,12,25H2,(H,27,30)/t16-/m0/s1. The van der Waals surface area contributed by atoms with E-state index in [2.05, 4.69) is 15.1 Å². The lowest BCUT2D eigenvalue weighted by molar-refractivity contribution is 0.0783. The lowest BCUT2D eigenvalue weighted by Crippen LogP contribution is -2.28. The summed E-state index contributed by atoms with van der Waals surface area (Å²) < 4.78 is 26.8. The lowest BCUT2D eigenvalue weighted by Gasteiger charge is -2.15. The molecule has 4 rings (SSSR count). The minimum absolute atomic E-state index is 0.110. The average Bonchev–Trinajstić information content (AvgIpc) is 3.21. The van der Waals surface area contributed by atoms with E-state index in [0.29, 0.717) is 35.1 Å². The third-order valence-electron chi connectivity index (χ3n) is 5.09. The number of nitrogens with zero attached hydrogens (tertiary/aromatic N) is 3. The van der Waals surface area contributed by atoms with Crippen molar-refractivity contribution >= 4 is 34.4 Å². The van der Waals surface area contributed by atoms with E-state index in [0.717, 1.165) is 0 Å². The van der Waals surface area contributed by atoms with Gasteiger partial charge in [-0.15, -0.1) is 0 Å². The van der Waals surface area contributed by atoms with Crippen LogP contribution in [0.4, 0.5) is 14.5 Å². The van der Waals surface area contributed by atoms with Gasteiger partial charge in [0, 0.05) is 23.0 Å². The number of alkyl halides is 1. The minimum Gasteiger partial charge on any atom is -0.336 e. The number of aliphatic imine (C=N–C) groups is 1. The molecule has 0 radical (unpaired) electrons. The van der Waals surface area contributed by atoms with Crippen LogP contribution in [0.5, 0.6) is 0 Å². The van der Waals surface area contributed by atoms with Crippen LogP contribution in [0.3, 0.4) is 0 Å². The van der Waals surface area contributed by atoms with E-state index in [4.69, 9.17) is 5.84 Å². The fraction of sp³-hybridized carbons (Fsp3) is 0.182.